The number of aliphatic hydroxyl groups excluding tert-OH is 1. The highest BCUT2D eigenvalue weighted by molar-refractivity contribution is 6.77. The fourth-order valence-electron chi connectivity index (χ4n) is 5.81. The van der Waals surface area contributed by atoms with Crippen LogP contribution in [0.3, 0.4) is 0 Å². The molecule has 43 heavy (non-hydrogen) atoms. The van der Waals surface area contributed by atoms with E-state index in [1.165, 1.54) is 11.8 Å². The zero-order chi connectivity index (χ0) is 32.9. The summed E-state index contributed by atoms with van der Waals surface area (Å²) < 4.78 is 27.5. The number of carbonyl (C=O) groups excluding carboxylic acids is 1. The quantitative estimate of drug-likeness (QED) is 0.159. The third kappa shape index (κ3) is 10.5. The molecule has 0 saturated carbocycles. The van der Waals surface area contributed by atoms with Crippen LogP contribution in [-0.2, 0) is 22.4 Å². The lowest BCUT2D eigenvalue weighted by molar-refractivity contribution is 0.0523. The molecule has 8 heteroatoms. The van der Waals surface area contributed by atoms with Crippen molar-refractivity contribution in [2.24, 2.45) is 0 Å². The topological polar surface area (TPSA) is 95.2 Å². The number of hydrogen-bond donors (Lipinski definition) is 1. The molecule has 0 unspecified atom stereocenters. The summed E-state index contributed by atoms with van der Waals surface area (Å²) in [5.41, 5.74) is 4.52. The van der Waals surface area contributed by atoms with Crippen LogP contribution in [0.25, 0.3) is 0 Å². The van der Waals surface area contributed by atoms with E-state index in [-0.39, 0.29) is 18.5 Å². The molecule has 244 valence electrons. The van der Waals surface area contributed by atoms with E-state index < -0.39 is 8.32 Å². The van der Waals surface area contributed by atoms with Gasteiger partial charge in [-0.25, -0.2) is 4.79 Å². The van der Waals surface area contributed by atoms with Gasteiger partial charge in [-0.2, -0.15) is 0 Å². The molecule has 3 aromatic heterocycles. The molecule has 3 heterocycles. The first-order valence-corrected chi connectivity index (χ1v) is 17.9. The zero-order valence-corrected chi connectivity index (χ0v) is 29.9. The van der Waals surface area contributed by atoms with Crippen molar-refractivity contribution >= 4 is 14.3 Å². The van der Waals surface area contributed by atoms with Gasteiger partial charge in [0.15, 0.2) is 0 Å². The first kappa shape index (κ1) is 38.5. The number of rotatable bonds is 12. The first-order valence-electron chi connectivity index (χ1n) is 15.8. The molecule has 0 fully saturated rings. The van der Waals surface area contributed by atoms with E-state index >= 15 is 0 Å². The third-order valence-corrected chi connectivity index (χ3v) is 13.7. The first-order chi connectivity index (χ1) is 20.1. The average molecular weight is 619 g/mol. The maximum atomic E-state index is 11.3. The highest BCUT2D eigenvalue weighted by atomic mass is 28.4. The summed E-state index contributed by atoms with van der Waals surface area (Å²) >= 11 is 0. The van der Waals surface area contributed by atoms with Gasteiger partial charge in [0.05, 0.1) is 38.6 Å². The van der Waals surface area contributed by atoms with Crippen molar-refractivity contribution in [3.63, 3.8) is 0 Å². The van der Waals surface area contributed by atoms with Crippen LogP contribution in [0.4, 0.5) is 0 Å². The lowest BCUT2D eigenvalue weighted by Gasteiger charge is -2.42. The standard InChI is InChI=1S/C17H32O2Si.C10H14O3.C8H12O2/c1-12(2)17-16(9-10-18-17)11-19-20(13(3)4,14(5)6)15(7)8;1-4-12-10(11)8-5-6-13-9(8)7(2)3;1-6(2)8-7(5-9)3-4-10-8/h9-10,12-15H,11H2,1-8H3;5-7H,4H2,1-3H3;3-4,6,9H,5H2,1-2H3. The summed E-state index contributed by atoms with van der Waals surface area (Å²) in [5.74, 6) is 3.33. The molecule has 7 nitrogen and oxygen atoms in total. The molecule has 0 aliphatic rings. The molecule has 0 aliphatic carbocycles. The second-order valence-electron chi connectivity index (χ2n) is 12.8. The average Bonchev–Trinajstić information content (AvgIpc) is 3.70. The lowest BCUT2D eigenvalue weighted by atomic mass is 10.1. The van der Waals surface area contributed by atoms with Crippen LogP contribution in [0.1, 0.15) is 147 Å². The third-order valence-electron chi connectivity index (χ3n) is 7.68. The van der Waals surface area contributed by atoms with Crippen molar-refractivity contribution in [1.29, 1.82) is 0 Å². The highest BCUT2D eigenvalue weighted by Crippen LogP contribution is 2.43. The van der Waals surface area contributed by atoms with Crippen LogP contribution in [0.5, 0.6) is 0 Å². The maximum Gasteiger partial charge on any atom is 0.341 e. The molecule has 0 atom stereocenters. The van der Waals surface area contributed by atoms with Gasteiger partial charge in [0.25, 0.3) is 0 Å². The van der Waals surface area contributed by atoms with Crippen LogP contribution in [0.2, 0.25) is 16.6 Å². The summed E-state index contributed by atoms with van der Waals surface area (Å²) in [4.78, 5) is 11.3. The molecule has 0 radical (unpaired) electrons. The van der Waals surface area contributed by atoms with Gasteiger partial charge in [-0.1, -0.05) is 83.1 Å². The minimum atomic E-state index is -1.78. The van der Waals surface area contributed by atoms with Gasteiger partial charge in [0, 0.05) is 28.9 Å². The Morgan fingerprint density at radius 2 is 1.12 bits per heavy atom. The van der Waals surface area contributed by atoms with Crippen molar-refractivity contribution < 1.29 is 32.3 Å². The van der Waals surface area contributed by atoms with Gasteiger partial charge in [-0.05, 0) is 41.7 Å². The van der Waals surface area contributed by atoms with Crippen molar-refractivity contribution in [3.8, 4) is 0 Å². The molecule has 0 aliphatic heterocycles. The number of furan rings is 3. The Morgan fingerprint density at radius 1 is 0.698 bits per heavy atom. The molecular formula is C35H58O7Si. The molecule has 0 amide bonds. The molecule has 0 aromatic carbocycles. The summed E-state index contributed by atoms with van der Waals surface area (Å²) in [6, 6.07) is 5.51. The Kier molecular flexibility index (Phi) is 16.4. The fourth-order valence-corrected chi connectivity index (χ4v) is 11.2. The molecule has 0 spiro atoms. The van der Waals surface area contributed by atoms with Gasteiger partial charge in [-0.15, -0.1) is 0 Å². The number of aliphatic hydroxyl groups is 1. The largest absolute Gasteiger partial charge is 0.469 e. The summed E-state index contributed by atoms with van der Waals surface area (Å²) in [5, 5.41) is 8.80. The van der Waals surface area contributed by atoms with Crippen LogP contribution < -0.4 is 0 Å². The number of esters is 1. The van der Waals surface area contributed by atoms with Crippen LogP contribution in [0, 0.1) is 0 Å². The van der Waals surface area contributed by atoms with Crippen LogP contribution in [0.15, 0.2) is 50.2 Å². The van der Waals surface area contributed by atoms with Crippen molar-refractivity contribution in [3.05, 3.63) is 71.0 Å². The fraction of sp³-hybridized carbons (Fsp3) is 0.629. The molecule has 3 aromatic rings. The molecule has 0 saturated heterocycles. The van der Waals surface area contributed by atoms with E-state index in [1.807, 2.05) is 27.7 Å². The minimum absolute atomic E-state index is 0.0734. The Labute approximate surface area is 261 Å². The number of carbonyl (C=O) groups is 1. The van der Waals surface area contributed by atoms with Crippen LogP contribution in [-0.4, -0.2) is 26.0 Å². The highest BCUT2D eigenvalue weighted by Gasteiger charge is 2.45. The maximum absolute atomic E-state index is 11.3. The predicted octanol–water partition coefficient (Wildman–Crippen LogP) is 10.6. The van der Waals surface area contributed by atoms with Crippen molar-refractivity contribution in [2.75, 3.05) is 6.61 Å². The molecule has 1 N–H and O–H groups in total. The van der Waals surface area contributed by atoms with Crippen molar-refractivity contribution in [2.45, 2.75) is 138 Å². The van der Waals surface area contributed by atoms with Gasteiger partial charge in [0.2, 0.25) is 8.32 Å². The SMILES string of the molecule is CC(C)c1occc1CO.CC(C)c1occc1CO[Si](C(C)C)(C(C)C)C(C)C.CCOC(=O)c1ccoc1C(C)C. The summed E-state index contributed by atoms with van der Waals surface area (Å²) in [6.07, 6.45) is 4.92. The van der Waals surface area contributed by atoms with Gasteiger partial charge in [-0.3, -0.25) is 0 Å². The monoisotopic (exact) mass is 618 g/mol. The number of ether oxygens (including phenoxy) is 1. The van der Waals surface area contributed by atoms with E-state index in [2.05, 4.69) is 61.5 Å². The van der Waals surface area contributed by atoms with Crippen LogP contribution >= 0.6 is 0 Å². The molecule has 0 bridgehead atoms. The van der Waals surface area contributed by atoms with Crippen molar-refractivity contribution in [1.82, 2.24) is 0 Å². The Morgan fingerprint density at radius 3 is 1.51 bits per heavy atom. The van der Waals surface area contributed by atoms with E-state index in [9.17, 15) is 4.79 Å². The predicted molar refractivity (Wildman–Crippen MR) is 176 cm³/mol. The lowest BCUT2D eigenvalue weighted by Crippen LogP contribution is -2.47. The Hall–Kier alpha value is -2.55. The zero-order valence-electron chi connectivity index (χ0n) is 28.9. The summed E-state index contributed by atoms with van der Waals surface area (Å²) in [7, 11) is -1.78. The smallest absolute Gasteiger partial charge is 0.341 e. The normalized spacial score (nSPS) is 11.8. The number of hydrogen-bond acceptors (Lipinski definition) is 7. The van der Waals surface area contributed by atoms with E-state index in [0.29, 0.717) is 53.0 Å². The Balaban J connectivity index is 0.000000345. The summed E-state index contributed by atoms with van der Waals surface area (Å²) in [6.45, 7) is 29.3. The second-order valence-corrected chi connectivity index (χ2v) is 18.2. The van der Waals surface area contributed by atoms with Gasteiger partial charge < -0.3 is 27.5 Å². The van der Waals surface area contributed by atoms with E-state index in [0.717, 1.165) is 17.1 Å². The van der Waals surface area contributed by atoms with E-state index in [1.54, 1.807) is 31.6 Å². The van der Waals surface area contributed by atoms with Gasteiger partial charge in [0.1, 0.15) is 22.8 Å². The molecule has 3 rings (SSSR count). The Bertz CT molecular complexity index is 1160. The minimum Gasteiger partial charge on any atom is -0.469 e. The van der Waals surface area contributed by atoms with Gasteiger partial charge >= 0.3 is 5.97 Å². The molecular weight excluding hydrogens is 560 g/mol. The second kappa shape index (κ2) is 18.3. The van der Waals surface area contributed by atoms with E-state index in [4.69, 9.17) is 27.5 Å².